The molecule has 0 aromatic rings. The number of hydrogen-bond acceptors (Lipinski definition) is 3. The van der Waals surface area contributed by atoms with Crippen LogP contribution in [0.5, 0.6) is 0 Å². The molecule has 0 unspecified atom stereocenters. The lowest BCUT2D eigenvalue weighted by Gasteiger charge is -2.12. The van der Waals surface area contributed by atoms with Gasteiger partial charge in [-0.15, -0.1) is 0 Å². The SMILES string of the molecule is C=C(C)C(=O)N(C)OC(=O)O. The molecule has 1 N–H and O–H groups in total. The van der Waals surface area contributed by atoms with E-state index in [1.54, 1.807) is 0 Å². The molecular formula is C6H9NO4. The minimum absolute atomic E-state index is 0.216. The van der Waals surface area contributed by atoms with Gasteiger partial charge in [-0.05, 0) is 6.92 Å². The summed E-state index contributed by atoms with van der Waals surface area (Å²) in [5, 5.41) is 8.67. The van der Waals surface area contributed by atoms with Crippen LogP contribution in [0.25, 0.3) is 0 Å². The quantitative estimate of drug-likeness (QED) is 0.450. The van der Waals surface area contributed by atoms with E-state index in [4.69, 9.17) is 5.11 Å². The first-order chi connectivity index (χ1) is 4.95. The van der Waals surface area contributed by atoms with E-state index < -0.39 is 12.1 Å². The van der Waals surface area contributed by atoms with Crippen LogP contribution in [-0.4, -0.2) is 29.3 Å². The summed E-state index contributed by atoms with van der Waals surface area (Å²) in [7, 11) is 1.20. The van der Waals surface area contributed by atoms with Gasteiger partial charge < -0.3 is 9.94 Å². The molecule has 0 aromatic heterocycles. The van der Waals surface area contributed by atoms with Crippen molar-refractivity contribution in [2.45, 2.75) is 6.92 Å². The number of likely N-dealkylation sites (N-methyl/N-ethyl adjacent to an activating group) is 1. The standard InChI is InChI=1S/C6H9NO4/c1-4(2)5(8)7(3)11-6(9)10/h1H2,2-3H3,(H,9,10). The summed E-state index contributed by atoms with van der Waals surface area (Å²) in [6.07, 6.45) is -1.53. The fourth-order valence-electron chi connectivity index (χ4n) is 0.427. The highest BCUT2D eigenvalue weighted by molar-refractivity contribution is 5.91. The molecule has 5 heteroatoms. The van der Waals surface area contributed by atoms with Crippen LogP contribution in [0.4, 0.5) is 4.79 Å². The Morgan fingerprint density at radius 2 is 2.00 bits per heavy atom. The Balaban J connectivity index is 4.03. The molecule has 0 radical (unpaired) electrons. The van der Waals surface area contributed by atoms with Gasteiger partial charge in [0.1, 0.15) is 0 Å². The zero-order chi connectivity index (χ0) is 9.02. The molecule has 0 rings (SSSR count). The Bertz CT molecular complexity index is 199. The Kier molecular flexibility index (Phi) is 3.10. The van der Waals surface area contributed by atoms with Crippen molar-refractivity contribution >= 4 is 12.1 Å². The molecule has 0 bridgehead atoms. The van der Waals surface area contributed by atoms with Crippen LogP contribution < -0.4 is 0 Å². The normalized spacial score (nSPS) is 8.55. The lowest BCUT2D eigenvalue weighted by Crippen LogP contribution is -2.29. The van der Waals surface area contributed by atoms with Gasteiger partial charge in [0.2, 0.25) is 0 Å². The Morgan fingerprint density at radius 3 is 2.27 bits per heavy atom. The van der Waals surface area contributed by atoms with E-state index >= 15 is 0 Å². The zero-order valence-electron chi connectivity index (χ0n) is 6.33. The van der Waals surface area contributed by atoms with Gasteiger partial charge in [0.15, 0.2) is 0 Å². The molecule has 0 fully saturated rings. The minimum atomic E-state index is -1.53. The van der Waals surface area contributed by atoms with E-state index in [1.807, 2.05) is 0 Å². The van der Waals surface area contributed by atoms with E-state index in [-0.39, 0.29) is 5.57 Å². The number of nitrogens with zero attached hydrogens (tertiary/aromatic N) is 1. The first-order valence-corrected chi connectivity index (χ1v) is 2.79. The van der Waals surface area contributed by atoms with Crippen LogP contribution in [-0.2, 0) is 9.63 Å². The van der Waals surface area contributed by atoms with E-state index in [2.05, 4.69) is 11.4 Å². The van der Waals surface area contributed by atoms with Crippen molar-refractivity contribution in [1.29, 1.82) is 0 Å². The lowest BCUT2D eigenvalue weighted by molar-refractivity contribution is -0.159. The van der Waals surface area contributed by atoms with Crippen LogP contribution in [0.15, 0.2) is 12.2 Å². The highest BCUT2D eigenvalue weighted by Gasteiger charge is 2.12. The largest absolute Gasteiger partial charge is 0.530 e. The fraction of sp³-hybridized carbons (Fsp3) is 0.333. The second-order valence-corrected chi connectivity index (χ2v) is 1.94. The molecule has 0 spiro atoms. The molecule has 5 nitrogen and oxygen atoms in total. The summed E-state index contributed by atoms with van der Waals surface area (Å²) in [5.74, 6) is -0.563. The molecule has 62 valence electrons. The third-order valence-electron chi connectivity index (χ3n) is 0.866. The molecule has 0 heterocycles. The number of carbonyl (C=O) groups is 2. The van der Waals surface area contributed by atoms with Gasteiger partial charge in [-0.2, -0.15) is 5.06 Å². The van der Waals surface area contributed by atoms with Gasteiger partial charge in [-0.25, -0.2) is 4.79 Å². The number of carbonyl (C=O) groups excluding carboxylic acids is 1. The third-order valence-corrected chi connectivity index (χ3v) is 0.866. The molecule has 1 amide bonds. The summed E-state index contributed by atoms with van der Waals surface area (Å²) in [6, 6.07) is 0. The van der Waals surface area contributed by atoms with Crippen molar-refractivity contribution in [3.05, 3.63) is 12.2 Å². The number of hydroxylamine groups is 2. The predicted octanol–water partition coefficient (Wildman–Crippen LogP) is 0.631. The number of amides is 1. The summed E-state index contributed by atoms with van der Waals surface area (Å²) >= 11 is 0. The summed E-state index contributed by atoms with van der Waals surface area (Å²) < 4.78 is 0. The van der Waals surface area contributed by atoms with Crippen molar-refractivity contribution in [2.24, 2.45) is 0 Å². The van der Waals surface area contributed by atoms with Gasteiger partial charge in [-0.1, -0.05) is 6.58 Å². The number of carboxylic acid groups (broad SMARTS) is 1. The van der Waals surface area contributed by atoms with Crippen LogP contribution in [0.1, 0.15) is 6.92 Å². The minimum Gasteiger partial charge on any atom is -0.448 e. The predicted molar refractivity (Wildman–Crippen MR) is 36.7 cm³/mol. The van der Waals surface area contributed by atoms with Gasteiger partial charge in [-0.3, -0.25) is 4.79 Å². The van der Waals surface area contributed by atoms with E-state index in [0.29, 0.717) is 5.06 Å². The van der Waals surface area contributed by atoms with Gasteiger partial charge >= 0.3 is 6.16 Å². The van der Waals surface area contributed by atoms with E-state index in [0.717, 1.165) is 0 Å². The Labute approximate surface area is 63.8 Å². The van der Waals surface area contributed by atoms with Gasteiger partial charge in [0.25, 0.3) is 5.91 Å². The fourth-order valence-corrected chi connectivity index (χ4v) is 0.427. The Hall–Kier alpha value is -1.52. The van der Waals surface area contributed by atoms with Gasteiger partial charge in [0, 0.05) is 12.6 Å². The van der Waals surface area contributed by atoms with Crippen LogP contribution >= 0.6 is 0 Å². The molecule has 0 aliphatic carbocycles. The van der Waals surface area contributed by atoms with Crippen LogP contribution in [0.3, 0.4) is 0 Å². The molecule has 11 heavy (non-hydrogen) atoms. The highest BCUT2D eigenvalue weighted by atomic mass is 16.8. The molecule has 0 saturated heterocycles. The first kappa shape index (κ1) is 9.48. The smallest absolute Gasteiger partial charge is 0.448 e. The third kappa shape index (κ3) is 3.24. The average molecular weight is 159 g/mol. The van der Waals surface area contributed by atoms with Crippen LogP contribution in [0.2, 0.25) is 0 Å². The van der Waals surface area contributed by atoms with Crippen molar-refractivity contribution in [1.82, 2.24) is 5.06 Å². The van der Waals surface area contributed by atoms with Crippen LogP contribution in [0, 0.1) is 0 Å². The maximum atomic E-state index is 10.8. The van der Waals surface area contributed by atoms with Crippen molar-refractivity contribution in [3.63, 3.8) is 0 Å². The summed E-state index contributed by atoms with van der Waals surface area (Å²) in [4.78, 5) is 24.7. The average Bonchev–Trinajstić information content (AvgIpc) is 1.84. The maximum Gasteiger partial charge on any atom is 0.530 e. The summed E-state index contributed by atoms with van der Waals surface area (Å²) in [6.45, 7) is 4.78. The zero-order valence-corrected chi connectivity index (χ0v) is 6.33. The molecule has 0 atom stereocenters. The van der Waals surface area contributed by atoms with E-state index in [1.165, 1.54) is 14.0 Å². The molecule has 0 aliphatic heterocycles. The van der Waals surface area contributed by atoms with Crippen molar-refractivity contribution in [3.8, 4) is 0 Å². The van der Waals surface area contributed by atoms with Gasteiger partial charge in [0.05, 0.1) is 0 Å². The monoisotopic (exact) mass is 159 g/mol. The lowest BCUT2D eigenvalue weighted by atomic mass is 10.3. The van der Waals surface area contributed by atoms with Crippen molar-refractivity contribution < 1.29 is 19.5 Å². The first-order valence-electron chi connectivity index (χ1n) is 2.79. The number of rotatable bonds is 1. The molecule has 0 aliphatic rings. The second-order valence-electron chi connectivity index (χ2n) is 1.94. The number of hydrogen-bond donors (Lipinski definition) is 1. The molecular weight excluding hydrogens is 150 g/mol. The van der Waals surface area contributed by atoms with Crippen molar-refractivity contribution in [2.75, 3.05) is 7.05 Å². The second kappa shape index (κ2) is 3.60. The molecule has 0 saturated carbocycles. The topological polar surface area (TPSA) is 66.8 Å². The Morgan fingerprint density at radius 1 is 1.55 bits per heavy atom. The van der Waals surface area contributed by atoms with E-state index in [9.17, 15) is 9.59 Å². The molecule has 0 aromatic carbocycles. The highest BCUT2D eigenvalue weighted by Crippen LogP contribution is 1.96. The maximum absolute atomic E-state index is 10.8. The summed E-state index contributed by atoms with van der Waals surface area (Å²) in [5.41, 5.74) is 0.216.